The molecule has 0 spiro atoms. The number of hydrogen-bond donors (Lipinski definition) is 1. The summed E-state index contributed by atoms with van der Waals surface area (Å²) < 4.78 is 13.9. The summed E-state index contributed by atoms with van der Waals surface area (Å²) in [4.78, 5) is 11.0. The summed E-state index contributed by atoms with van der Waals surface area (Å²) in [5, 5.41) is 18.3. The van der Waals surface area contributed by atoms with E-state index in [1.165, 1.54) is 12.3 Å². The highest BCUT2D eigenvalue weighted by Gasteiger charge is 2.14. The Morgan fingerprint density at radius 1 is 1.53 bits per heavy atom. The van der Waals surface area contributed by atoms with E-state index in [1.807, 2.05) is 6.07 Å². The fraction of sp³-hybridized carbons (Fsp3) is 0.167. The minimum atomic E-state index is -1.08. The number of nitrogens with zero attached hydrogens (tertiary/aromatic N) is 2. The number of carbonyl (C=O) groups is 1. The highest BCUT2D eigenvalue weighted by atomic mass is 19.1. The lowest BCUT2D eigenvalue weighted by molar-refractivity contribution is 0.0698. The van der Waals surface area contributed by atoms with Gasteiger partial charge in [-0.1, -0.05) is 0 Å². The molecule has 0 unspecified atom stereocenters. The highest BCUT2D eigenvalue weighted by molar-refractivity contribution is 6.03. The number of aryl methyl sites for hydroxylation is 1. The van der Waals surface area contributed by atoms with Crippen LogP contribution in [-0.2, 0) is 6.54 Å². The molecule has 2 aromatic rings. The zero-order valence-corrected chi connectivity index (χ0v) is 8.85. The molecule has 5 heteroatoms. The number of benzene rings is 1. The van der Waals surface area contributed by atoms with Gasteiger partial charge in [0, 0.05) is 17.1 Å². The Balaban J connectivity index is 2.73. The van der Waals surface area contributed by atoms with Gasteiger partial charge in [-0.15, -0.1) is 0 Å². The number of aromatic carboxylic acids is 1. The molecule has 0 aliphatic rings. The van der Waals surface area contributed by atoms with Crippen LogP contribution in [0.3, 0.4) is 0 Å². The quantitative estimate of drug-likeness (QED) is 0.881. The number of carboxylic acid groups (broad SMARTS) is 1. The standard InChI is InChI=1S/C12H9FN2O2/c13-3-4-15-7-10(12(16)17)9-5-8(6-14)1-2-11(9)15/h1-2,5,7H,3-4H2,(H,16,17). The Morgan fingerprint density at radius 2 is 2.29 bits per heavy atom. The number of aromatic nitrogens is 1. The number of nitriles is 1. The van der Waals surface area contributed by atoms with Crippen molar-refractivity contribution in [2.45, 2.75) is 6.54 Å². The molecule has 0 atom stereocenters. The minimum absolute atomic E-state index is 0.0885. The predicted molar refractivity (Wildman–Crippen MR) is 59.6 cm³/mol. The van der Waals surface area contributed by atoms with Crippen LogP contribution in [0.4, 0.5) is 4.39 Å². The van der Waals surface area contributed by atoms with E-state index in [0.717, 1.165) is 0 Å². The number of carboxylic acids is 1. The fourth-order valence-electron chi connectivity index (χ4n) is 1.81. The maximum atomic E-state index is 12.3. The maximum Gasteiger partial charge on any atom is 0.337 e. The second kappa shape index (κ2) is 4.26. The maximum absolute atomic E-state index is 12.3. The Hall–Kier alpha value is -2.35. The average molecular weight is 232 g/mol. The van der Waals surface area contributed by atoms with Crippen LogP contribution < -0.4 is 0 Å². The molecule has 0 radical (unpaired) electrons. The molecule has 86 valence electrons. The molecule has 0 aliphatic carbocycles. The highest BCUT2D eigenvalue weighted by Crippen LogP contribution is 2.23. The van der Waals surface area contributed by atoms with Crippen molar-refractivity contribution in [3.8, 4) is 6.07 Å². The largest absolute Gasteiger partial charge is 0.478 e. The molecule has 4 nitrogen and oxygen atoms in total. The van der Waals surface area contributed by atoms with Crippen molar-refractivity contribution in [1.29, 1.82) is 5.26 Å². The number of alkyl halides is 1. The van der Waals surface area contributed by atoms with Crippen molar-refractivity contribution in [1.82, 2.24) is 4.57 Å². The fourth-order valence-corrected chi connectivity index (χ4v) is 1.81. The van der Waals surface area contributed by atoms with Gasteiger partial charge in [-0.05, 0) is 18.2 Å². The van der Waals surface area contributed by atoms with Gasteiger partial charge in [0.15, 0.2) is 0 Å². The summed E-state index contributed by atoms with van der Waals surface area (Å²) >= 11 is 0. The van der Waals surface area contributed by atoms with Gasteiger partial charge < -0.3 is 9.67 Å². The lowest BCUT2D eigenvalue weighted by atomic mass is 10.1. The monoisotopic (exact) mass is 232 g/mol. The zero-order valence-electron chi connectivity index (χ0n) is 8.85. The molecule has 1 N–H and O–H groups in total. The van der Waals surface area contributed by atoms with Crippen molar-refractivity contribution in [2.24, 2.45) is 0 Å². The van der Waals surface area contributed by atoms with Gasteiger partial charge in [0.1, 0.15) is 6.67 Å². The Morgan fingerprint density at radius 3 is 2.88 bits per heavy atom. The zero-order chi connectivity index (χ0) is 12.4. The summed E-state index contributed by atoms with van der Waals surface area (Å²) in [7, 11) is 0. The SMILES string of the molecule is N#Cc1ccc2c(c1)c(C(=O)O)cn2CCF. The molecule has 0 saturated heterocycles. The van der Waals surface area contributed by atoms with E-state index in [0.29, 0.717) is 16.5 Å². The normalized spacial score (nSPS) is 10.4. The molecule has 0 bridgehead atoms. The molecule has 17 heavy (non-hydrogen) atoms. The number of hydrogen-bond acceptors (Lipinski definition) is 2. The summed E-state index contributed by atoms with van der Waals surface area (Å²) in [6.45, 7) is -0.460. The van der Waals surface area contributed by atoms with E-state index < -0.39 is 12.6 Å². The van der Waals surface area contributed by atoms with Crippen molar-refractivity contribution in [3.05, 3.63) is 35.5 Å². The smallest absolute Gasteiger partial charge is 0.337 e. The van der Waals surface area contributed by atoms with E-state index in [1.54, 1.807) is 16.7 Å². The third kappa shape index (κ3) is 1.85. The molecular formula is C12H9FN2O2. The first-order valence-electron chi connectivity index (χ1n) is 4.99. The third-order valence-electron chi connectivity index (χ3n) is 2.57. The van der Waals surface area contributed by atoms with Gasteiger partial charge in [-0.3, -0.25) is 0 Å². The molecule has 0 aliphatic heterocycles. The molecule has 1 aromatic heterocycles. The van der Waals surface area contributed by atoms with Gasteiger partial charge in [0.25, 0.3) is 0 Å². The van der Waals surface area contributed by atoms with E-state index in [2.05, 4.69) is 0 Å². The minimum Gasteiger partial charge on any atom is -0.478 e. The van der Waals surface area contributed by atoms with Crippen LogP contribution in [0, 0.1) is 11.3 Å². The van der Waals surface area contributed by atoms with Crippen LogP contribution in [-0.4, -0.2) is 22.3 Å². The van der Waals surface area contributed by atoms with Crippen LogP contribution in [0.5, 0.6) is 0 Å². The summed E-state index contributed by atoms with van der Waals surface area (Å²) in [6.07, 6.45) is 1.40. The van der Waals surface area contributed by atoms with Gasteiger partial charge in [-0.2, -0.15) is 5.26 Å². The number of rotatable bonds is 3. The predicted octanol–water partition coefficient (Wildman–Crippen LogP) is 2.18. The first-order chi connectivity index (χ1) is 8.17. The number of fused-ring (bicyclic) bond motifs is 1. The van der Waals surface area contributed by atoms with E-state index in [4.69, 9.17) is 10.4 Å². The van der Waals surface area contributed by atoms with Gasteiger partial charge in [-0.25, -0.2) is 9.18 Å². The second-order valence-corrected chi connectivity index (χ2v) is 3.57. The van der Waals surface area contributed by atoms with Gasteiger partial charge >= 0.3 is 5.97 Å². The van der Waals surface area contributed by atoms with Crippen molar-refractivity contribution in [2.75, 3.05) is 6.67 Å². The van der Waals surface area contributed by atoms with E-state index in [9.17, 15) is 9.18 Å². The van der Waals surface area contributed by atoms with Crippen LogP contribution in [0.25, 0.3) is 10.9 Å². The van der Waals surface area contributed by atoms with Crippen LogP contribution >= 0.6 is 0 Å². The Kier molecular flexibility index (Phi) is 2.79. The van der Waals surface area contributed by atoms with Crippen molar-refractivity contribution in [3.63, 3.8) is 0 Å². The molecule has 1 heterocycles. The van der Waals surface area contributed by atoms with Crippen molar-refractivity contribution >= 4 is 16.9 Å². The summed E-state index contributed by atoms with van der Waals surface area (Å²) in [6, 6.07) is 6.68. The number of halogens is 1. The second-order valence-electron chi connectivity index (χ2n) is 3.57. The summed E-state index contributed by atoms with van der Waals surface area (Å²) in [5.41, 5.74) is 1.10. The molecule has 0 amide bonds. The first kappa shape index (κ1) is 11.1. The van der Waals surface area contributed by atoms with Gasteiger partial charge in [0.2, 0.25) is 0 Å². The lowest BCUT2D eigenvalue weighted by Crippen LogP contribution is -1.98. The van der Waals surface area contributed by atoms with Crippen LogP contribution in [0.1, 0.15) is 15.9 Å². The summed E-state index contributed by atoms with van der Waals surface area (Å²) in [5.74, 6) is -1.08. The molecule has 0 saturated carbocycles. The van der Waals surface area contributed by atoms with E-state index >= 15 is 0 Å². The van der Waals surface area contributed by atoms with Crippen LogP contribution in [0.15, 0.2) is 24.4 Å². The third-order valence-corrected chi connectivity index (χ3v) is 2.57. The van der Waals surface area contributed by atoms with Crippen LogP contribution in [0.2, 0.25) is 0 Å². The molecule has 2 rings (SSSR count). The first-order valence-corrected chi connectivity index (χ1v) is 4.99. The van der Waals surface area contributed by atoms with Gasteiger partial charge in [0.05, 0.1) is 23.7 Å². The Labute approximate surface area is 96.5 Å². The van der Waals surface area contributed by atoms with Crippen molar-refractivity contribution < 1.29 is 14.3 Å². The van der Waals surface area contributed by atoms with E-state index in [-0.39, 0.29) is 12.1 Å². The lowest BCUT2D eigenvalue weighted by Gasteiger charge is -2.00. The average Bonchev–Trinajstić information content (AvgIpc) is 2.68. The molecule has 0 fully saturated rings. The molecular weight excluding hydrogens is 223 g/mol. The molecule has 1 aromatic carbocycles. The Bertz CT molecular complexity index is 625. The topological polar surface area (TPSA) is 66.0 Å².